The van der Waals surface area contributed by atoms with Crippen molar-refractivity contribution in [2.75, 3.05) is 6.61 Å². The zero-order valence-corrected chi connectivity index (χ0v) is 12.8. The summed E-state index contributed by atoms with van der Waals surface area (Å²) in [5, 5.41) is 0. The minimum atomic E-state index is -4.33. The van der Waals surface area contributed by atoms with Crippen LogP contribution in [-0.4, -0.2) is 12.6 Å². The van der Waals surface area contributed by atoms with E-state index in [4.69, 9.17) is 4.74 Å². The van der Waals surface area contributed by atoms with Crippen molar-refractivity contribution in [2.24, 2.45) is 0 Å². The summed E-state index contributed by atoms with van der Waals surface area (Å²) >= 11 is 0. The number of allylic oxidation sites excluding steroid dienone is 3. The Hall–Kier alpha value is -2.04. The molecule has 5 heteroatoms. The molecule has 120 valence electrons. The summed E-state index contributed by atoms with van der Waals surface area (Å²) < 4.78 is 42.3. The van der Waals surface area contributed by atoms with Gasteiger partial charge >= 0.3 is 12.1 Å². The van der Waals surface area contributed by atoms with Gasteiger partial charge in [-0.15, -0.1) is 0 Å². The lowest BCUT2D eigenvalue weighted by Gasteiger charge is -2.07. The van der Waals surface area contributed by atoms with Crippen molar-refractivity contribution in [3.05, 3.63) is 53.1 Å². The first-order valence-corrected chi connectivity index (χ1v) is 6.91. The number of rotatable bonds is 5. The molecule has 0 aromatic heterocycles. The third-order valence-corrected chi connectivity index (χ3v) is 3.01. The first-order chi connectivity index (χ1) is 10.2. The molecule has 0 bridgehead atoms. The smallest absolute Gasteiger partial charge is 0.416 e. The van der Waals surface area contributed by atoms with Crippen molar-refractivity contribution in [3.63, 3.8) is 0 Å². The SMILES string of the molecule is CCOC(=O)C/C(C)=C/C=C(\C)c1ccc(C(F)(F)F)cc1. The van der Waals surface area contributed by atoms with Crippen LogP contribution in [0.4, 0.5) is 13.2 Å². The van der Waals surface area contributed by atoms with Crippen LogP contribution in [0.5, 0.6) is 0 Å². The van der Waals surface area contributed by atoms with Crippen molar-refractivity contribution in [1.29, 1.82) is 0 Å². The molecule has 1 aromatic rings. The van der Waals surface area contributed by atoms with Crippen LogP contribution >= 0.6 is 0 Å². The average Bonchev–Trinajstić information content (AvgIpc) is 2.44. The zero-order chi connectivity index (χ0) is 16.8. The largest absolute Gasteiger partial charge is 0.466 e. The Morgan fingerprint density at radius 3 is 2.23 bits per heavy atom. The number of carbonyl (C=O) groups is 1. The second-order valence-electron chi connectivity index (χ2n) is 4.92. The quantitative estimate of drug-likeness (QED) is 0.564. The maximum atomic E-state index is 12.5. The predicted molar refractivity (Wildman–Crippen MR) is 80.1 cm³/mol. The number of alkyl halides is 3. The zero-order valence-electron chi connectivity index (χ0n) is 12.8. The van der Waals surface area contributed by atoms with Gasteiger partial charge in [-0.3, -0.25) is 4.79 Å². The molecule has 2 nitrogen and oxygen atoms in total. The molecule has 0 aliphatic heterocycles. The summed E-state index contributed by atoms with van der Waals surface area (Å²) in [6.07, 6.45) is -0.585. The molecule has 22 heavy (non-hydrogen) atoms. The molecule has 1 rings (SSSR count). The molecular formula is C17H19F3O2. The van der Waals surface area contributed by atoms with E-state index in [2.05, 4.69) is 0 Å². The van der Waals surface area contributed by atoms with Gasteiger partial charge in [0.05, 0.1) is 18.6 Å². The second-order valence-corrected chi connectivity index (χ2v) is 4.92. The highest BCUT2D eigenvalue weighted by Gasteiger charge is 2.29. The van der Waals surface area contributed by atoms with Crippen molar-refractivity contribution in [2.45, 2.75) is 33.4 Å². The Bertz CT molecular complexity index is 567. The summed E-state index contributed by atoms with van der Waals surface area (Å²) in [4.78, 5) is 11.3. The van der Waals surface area contributed by atoms with Crippen LogP contribution in [0.2, 0.25) is 0 Å². The van der Waals surface area contributed by atoms with Gasteiger partial charge in [-0.2, -0.15) is 13.2 Å². The standard InChI is InChI=1S/C17H19F3O2/c1-4-22-16(21)11-12(2)5-6-13(3)14-7-9-15(10-8-14)17(18,19)20/h5-10H,4,11H2,1-3H3/b12-5+,13-6+. The highest BCUT2D eigenvalue weighted by atomic mass is 19.4. The normalized spacial score (nSPS) is 13.2. The minimum Gasteiger partial charge on any atom is -0.466 e. The number of hydrogen-bond donors (Lipinski definition) is 0. The lowest BCUT2D eigenvalue weighted by molar-refractivity contribution is -0.142. The summed E-state index contributed by atoms with van der Waals surface area (Å²) in [6, 6.07) is 4.98. The first-order valence-electron chi connectivity index (χ1n) is 6.91. The van der Waals surface area contributed by atoms with Crippen LogP contribution in [-0.2, 0) is 15.7 Å². The summed E-state index contributed by atoms with van der Waals surface area (Å²) in [5.41, 5.74) is 1.67. The number of benzene rings is 1. The Balaban J connectivity index is 2.78. The molecule has 0 atom stereocenters. The molecule has 0 N–H and O–H groups in total. The molecule has 0 fully saturated rings. The highest BCUT2D eigenvalue weighted by molar-refractivity contribution is 5.73. The second kappa shape index (κ2) is 7.82. The van der Waals surface area contributed by atoms with Gasteiger partial charge in [0.25, 0.3) is 0 Å². The van der Waals surface area contributed by atoms with Crippen LogP contribution in [0.1, 0.15) is 38.3 Å². The number of hydrogen-bond acceptors (Lipinski definition) is 2. The van der Waals surface area contributed by atoms with E-state index in [1.807, 2.05) is 0 Å². The van der Waals surface area contributed by atoms with Gasteiger partial charge in [-0.1, -0.05) is 29.9 Å². The van der Waals surface area contributed by atoms with Crippen LogP contribution < -0.4 is 0 Å². The Labute approximate surface area is 128 Å². The van der Waals surface area contributed by atoms with Crippen molar-refractivity contribution in [1.82, 2.24) is 0 Å². The first kappa shape index (κ1) is 18.0. The fourth-order valence-corrected chi connectivity index (χ4v) is 1.78. The molecule has 0 heterocycles. The van der Waals surface area contributed by atoms with Gasteiger partial charge in [0.2, 0.25) is 0 Å². The fraction of sp³-hybridized carbons (Fsp3) is 0.353. The lowest BCUT2D eigenvalue weighted by Crippen LogP contribution is -2.04. The molecule has 0 saturated carbocycles. The summed E-state index contributed by atoms with van der Waals surface area (Å²) in [5.74, 6) is -0.295. The van der Waals surface area contributed by atoms with Crippen LogP contribution in [0.3, 0.4) is 0 Å². The Kier molecular flexibility index (Phi) is 6.40. The summed E-state index contributed by atoms with van der Waals surface area (Å²) in [7, 11) is 0. The van der Waals surface area contributed by atoms with Crippen molar-refractivity contribution in [3.8, 4) is 0 Å². The molecule has 0 amide bonds. The Morgan fingerprint density at radius 2 is 1.73 bits per heavy atom. The molecule has 1 aromatic carbocycles. The van der Waals surface area contributed by atoms with Gasteiger partial charge in [-0.05, 0) is 44.0 Å². The van der Waals surface area contributed by atoms with Gasteiger partial charge in [-0.25, -0.2) is 0 Å². The number of ether oxygens (including phenoxy) is 1. The lowest BCUT2D eigenvalue weighted by atomic mass is 10.0. The fourth-order valence-electron chi connectivity index (χ4n) is 1.78. The van der Waals surface area contributed by atoms with Gasteiger partial charge < -0.3 is 4.74 Å². The Morgan fingerprint density at radius 1 is 1.14 bits per heavy atom. The molecule has 0 unspecified atom stereocenters. The van der Waals surface area contributed by atoms with Crippen LogP contribution in [0, 0.1) is 0 Å². The maximum Gasteiger partial charge on any atom is 0.416 e. The molecule has 0 aliphatic rings. The summed E-state index contributed by atoms with van der Waals surface area (Å²) in [6.45, 7) is 5.68. The molecule has 0 saturated heterocycles. The van der Waals surface area contributed by atoms with Crippen molar-refractivity contribution < 1.29 is 22.7 Å². The number of halogens is 3. The van der Waals surface area contributed by atoms with E-state index in [9.17, 15) is 18.0 Å². The van der Waals surface area contributed by atoms with Gasteiger partial charge in [0.1, 0.15) is 0 Å². The molecule has 0 spiro atoms. The van der Waals surface area contributed by atoms with E-state index in [1.54, 1.807) is 32.9 Å². The van der Waals surface area contributed by atoms with E-state index in [0.717, 1.165) is 23.3 Å². The van der Waals surface area contributed by atoms with E-state index < -0.39 is 11.7 Å². The van der Waals surface area contributed by atoms with E-state index in [-0.39, 0.29) is 12.4 Å². The average molecular weight is 312 g/mol. The van der Waals surface area contributed by atoms with E-state index in [0.29, 0.717) is 12.2 Å². The predicted octanol–water partition coefficient (Wildman–Crippen LogP) is 5.01. The van der Waals surface area contributed by atoms with E-state index >= 15 is 0 Å². The third kappa shape index (κ3) is 5.76. The van der Waals surface area contributed by atoms with E-state index in [1.165, 1.54) is 12.1 Å². The monoisotopic (exact) mass is 312 g/mol. The molecule has 0 aliphatic carbocycles. The number of esters is 1. The van der Waals surface area contributed by atoms with Gasteiger partial charge in [0.15, 0.2) is 0 Å². The van der Waals surface area contributed by atoms with Gasteiger partial charge in [0, 0.05) is 0 Å². The minimum absolute atomic E-state index is 0.199. The third-order valence-electron chi connectivity index (χ3n) is 3.01. The van der Waals surface area contributed by atoms with Crippen molar-refractivity contribution >= 4 is 11.5 Å². The number of carbonyl (C=O) groups excluding carboxylic acids is 1. The highest BCUT2D eigenvalue weighted by Crippen LogP contribution is 2.30. The topological polar surface area (TPSA) is 26.3 Å². The molecule has 0 radical (unpaired) electrons. The van der Waals surface area contributed by atoms with Crippen LogP contribution in [0.15, 0.2) is 42.0 Å². The van der Waals surface area contributed by atoms with Crippen LogP contribution in [0.25, 0.3) is 5.57 Å². The maximum absolute atomic E-state index is 12.5. The molecular weight excluding hydrogens is 293 g/mol.